The Balaban J connectivity index is 1.11. The van der Waals surface area contributed by atoms with Crippen molar-refractivity contribution in [1.29, 1.82) is 0 Å². The summed E-state index contributed by atoms with van der Waals surface area (Å²) < 4.78 is 16.0. The molecule has 0 atom stereocenters. The van der Waals surface area contributed by atoms with Gasteiger partial charge in [0.25, 0.3) is 11.8 Å². The van der Waals surface area contributed by atoms with Gasteiger partial charge in [-0.1, -0.05) is 29.3 Å². The van der Waals surface area contributed by atoms with E-state index in [4.69, 9.17) is 23.2 Å². The molecule has 2 N–H and O–H groups in total. The summed E-state index contributed by atoms with van der Waals surface area (Å²) in [6, 6.07) is 11.4. The maximum absolute atomic E-state index is 14.2. The van der Waals surface area contributed by atoms with Gasteiger partial charge in [0.15, 0.2) is 0 Å². The molecule has 2 aromatic carbocycles. The van der Waals surface area contributed by atoms with E-state index in [0.29, 0.717) is 47.4 Å². The van der Waals surface area contributed by atoms with E-state index in [1.165, 1.54) is 6.07 Å². The van der Waals surface area contributed by atoms with Crippen LogP contribution in [0.1, 0.15) is 65.4 Å². The first kappa shape index (κ1) is 25.8. The molecule has 6 rings (SSSR count). The number of nitrogens with zero attached hydrogens (tertiary/aromatic N) is 2. The molecule has 2 aromatic heterocycles. The fraction of sp³-hybridized carbons (Fsp3) is 0.310. The second-order valence-corrected chi connectivity index (χ2v) is 11.2. The van der Waals surface area contributed by atoms with Crippen LogP contribution in [0.2, 0.25) is 10.0 Å². The Hall–Kier alpha value is -3.49. The van der Waals surface area contributed by atoms with Crippen molar-refractivity contribution in [2.75, 3.05) is 0 Å². The summed E-state index contributed by atoms with van der Waals surface area (Å²) in [6.45, 7) is 0. The lowest BCUT2D eigenvalue weighted by atomic mass is 9.91. The van der Waals surface area contributed by atoms with Crippen molar-refractivity contribution in [3.8, 4) is 0 Å². The van der Waals surface area contributed by atoms with Crippen molar-refractivity contribution in [3.05, 3.63) is 86.0 Å². The van der Waals surface area contributed by atoms with E-state index < -0.39 is 17.2 Å². The molecular weight excluding hydrogens is 542 g/mol. The van der Waals surface area contributed by atoms with E-state index in [1.54, 1.807) is 30.5 Å². The minimum atomic E-state index is -0.690. The fourth-order valence-corrected chi connectivity index (χ4v) is 5.63. The average Bonchev–Trinajstić information content (AvgIpc) is 3.76. The van der Waals surface area contributed by atoms with Gasteiger partial charge in [0, 0.05) is 40.1 Å². The predicted octanol–water partition coefficient (Wildman–Crippen LogP) is 5.80. The van der Waals surface area contributed by atoms with Gasteiger partial charge in [-0.25, -0.2) is 9.37 Å². The highest BCUT2D eigenvalue weighted by Gasteiger charge is 2.29. The molecule has 200 valence electrons. The van der Waals surface area contributed by atoms with E-state index in [2.05, 4.69) is 15.6 Å². The van der Waals surface area contributed by atoms with Crippen molar-refractivity contribution in [2.24, 2.45) is 0 Å². The Labute approximate surface area is 233 Å². The highest BCUT2D eigenvalue weighted by atomic mass is 35.5. The number of hydrogen-bond acceptors (Lipinski definition) is 4. The standard InChI is InChI=1S/C29H25Cl2FN4O3/c30-16-2-10-24-15(11-16)1-9-25(35-24)29(39)34-18-5-3-17(4-6-18)33-28(38)21-14-36(19-7-8-19)26-13-22(31)23(32)12-20(26)27(21)37/h1-2,9-14,17-19H,3-8H2,(H,33,38)(H,34,39). The molecule has 0 aliphatic heterocycles. The van der Waals surface area contributed by atoms with E-state index in [-0.39, 0.29) is 40.0 Å². The van der Waals surface area contributed by atoms with Gasteiger partial charge in [-0.2, -0.15) is 0 Å². The Morgan fingerprint density at radius 2 is 1.59 bits per heavy atom. The molecule has 2 amide bonds. The van der Waals surface area contributed by atoms with Crippen LogP contribution in [-0.4, -0.2) is 33.4 Å². The number of halogens is 3. The number of pyridine rings is 2. The van der Waals surface area contributed by atoms with Crippen LogP contribution < -0.4 is 16.1 Å². The van der Waals surface area contributed by atoms with Crippen LogP contribution in [0.15, 0.2) is 53.5 Å². The molecule has 0 unspecified atom stereocenters. The van der Waals surface area contributed by atoms with Crippen LogP contribution in [0.4, 0.5) is 4.39 Å². The van der Waals surface area contributed by atoms with Crippen molar-refractivity contribution >= 4 is 56.8 Å². The van der Waals surface area contributed by atoms with Gasteiger partial charge in [-0.15, -0.1) is 0 Å². The van der Waals surface area contributed by atoms with Crippen molar-refractivity contribution in [1.82, 2.24) is 20.2 Å². The number of benzene rings is 2. The number of carbonyl (C=O) groups excluding carboxylic acids is 2. The molecule has 2 heterocycles. The zero-order valence-corrected chi connectivity index (χ0v) is 22.4. The minimum absolute atomic E-state index is 0.00443. The van der Waals surface area contributed by atoms with Gasteiger partial charge >= 0.3 is 0 Å². The molecule has 2 saturated carbocycles. The molecule has 7 nitrogen and oxygen atoms in total. The first-order valence-corrected chi connectivity index (χ1v) is 13.7. The summed E-state index contributed by atoms with van der Waals surface area (Å²) >= 11 is 12.0. The number of amides is 2. The van der Waals surface area contributed by atoms with Crippen molar-refractivity contribution in [2.45, 2.75) is 56.7 Å². The number of carbonyl (C=O) groups is 2. The monoisotopic (exact) mass is 566 g/mol. The van der Waals surface area contributed by atoms with Gasteiger partial charge in [0.05, 0.1) is 16.1 Å². The zero-order valence-electron chi connectivity index (χ0n) is 20.8. The smallest absolute Gasteiger partial charge is 0.270 e. The van der Waals surface area contributed by atoms with Crippen LogP contribution in [-0.2, 0) is 0 Å². The highest BCUT2D eigenvalue weighted by molar-refractivity contribution is 6.31. The van der Waals surface area contributed by atoms with Crippen LogP contribution in [0.5, 0.6) is 0 Å². The highest BCUT2D eigenvalue weighted by Crippen LogP contribution is 2.37. The topological polar surface area (TPSA) is 93.1 Å². The Morgan fingerprint density at radius 3 is 2.28 bits per heavy atom. The largest absolute Gasteiger partial charge is 0.349 e. The molecular formula is C29H25Cl2FN4O3. The van der Waals surface area contributed by atoms with Crippen LogP contribution in [0.25, 0.3) is 21.8 Å². The SMILES string of the molecule is O=C(NC1CCC(NC(=O)c2cn(C3CC3)c3cc(Cl)c(F)cc3c2=O)CC1)c1ccc2cc(Cl)ccc2n1. The fourth-order valence-electron chi connectivity index (χ4n) is 5.29. The zero-order chi connectivity index (χ0) is 27.3. The molecule has 0 bridgehead atoms. The molecule has 0 saturated heterocycles. The summed E-state index contributed by atoms with van der Waals surface area (Å²) in [4.78, 5) is 43.6. The summed E-state index contributed by atoms with van der Waals surface area (Å²) in [7, 11) is 0. The molecule has 2 aliphatic rings. The first-order valence-electron chi connectivity index (χ1n) is 13.0. The minimum Gasteiger partial charge on any atom is -0.349 e. The second kappa shape index (κ2) is 10.2. The van der Waals surface area contributed by atoms with Crippen LogP contribution in [0.3, 0.4) is 0 Å². The van der Waals surface area contributed by atoms with Gasteiger partial charge < -0.3 is 15.2 Å². The molecule has 4 aromatic rings. The molecule has 2 aliphatic carbocycles. The normalized spacial score (nSPS) is 19.3. The van der Waals surface area contributed by atoms with E-state index in [1.807, 2.05) is 10.6 Å². The predicted molar refractivity (Wildman–Crippen MR) is 149 cm³/mol. The first-order chi connectivity index (χ1) is 18.8. The third-order valence-electron chi connectivity index (χ3n) is 7.54. The summed E-state index contributed by atoms with van der Waals surface area (Å²) in [5.74, 6) is -1.41. The van der Waals surface area contributed by atoms with Gasteiger partial charge in [0.1, 0.15) is 17.1 Å². The number of rotatable bonds is 5. The number of aromatic nitrogens is 2. The average molecular weight is 567 g/mol. The summed E-state index contributed by atoms with van der Waals surface area (Å²) in [6.07, 6.45) is 6.06. The molecule has 0 radical (unpaired) electrons. The van der Waals surface area contributed by atoms with E-state index in [0.717, 1.165) is 24.3 Å². The summed E-state index contributed by atoms with van der Waals surface area (Å²) in [5.41, 5.74) is 1.04. The lowest BCUT2D eigenvalue weighted by Crippen LogP contribution is -2.44. The third-order valence-corrected chi connectivity index (χ3v) is 8.07. The Morgan fingerprint density at radius 1 is 0.897 bits per heavy atom. The number of fused-ring (bicyclic) bond motifs is 2. The number of hydrogen-bond donors (Lipinski definition) is 2. The van der Waals surface area contributed by atoms with Gasteiger partial charge in [-0.3, -0.25) is 14.4 Å². The van der Waals surface area contributed by atoms with Gasteiger partial charge in [-0.05, 0) is 74.9 Å². The van der Waals surface area contributed by atoms with Gasteiger partial charge in [0.2, 0.25) is 5.43 Å². The lowest BCUT2D eigenvalue weighted by molar-refractivity contribution is 0.0889. The van der Waals surface area contributed by atoms with Crippen molar-refractivity contribution < 1.29 is 14.0 Å². The van der Waals surface area contributed by atoms with E-state index in [9.17, 15) is 18.8 Å². The Kier molecular flexibility index (Phi) is 6.77. The molecule has 39 heavy (non-hydrogen) atoms. The third kappa shape index (κ3) is 5.23. The quantitative estimate of drug-likeness (QED) is 0.319. The van der Waals surface area contributed by atoms with E-state index >= 15 is 0 Å². The maximum atomic E-state index is 14.2. The Bertz CT molecular complexity index is 1690. The number of nitrogens with one attached hydrogen (secondary N) is 2. The second-order valence-electron chi connectivity index (χ2n) is 10.3. The lowest BCUT2D eigenvalue weighted by Gasteiger charge is -2.29. The van der Waals surface area contributed by atoms with Crippen molar-refractivity contribution in [3.63, 3.8) is 0 Å². The molecule has 10 heteroatoms. The van der Waals surface area contributed by atoms with Crippen LogP contribution in [0, 0.1) is 5.82 Å². The molecule has 2 fully saturated rings. The molecule has 0 spiro atoms. The maximum Gasteiger partial charge on any atom is 0.270 e. The van der Waals surface area contributed by atoms with Crippen LogP contribution >= 0.6 is 23.2 Å². The summed E-state index contributed by atoms with van der Waals surface area (Å²) in [5, 5.41) is 7.58.